The molecular weight excluding hydrogens is 182 g/mol. The van der Waals surface area contributed by atoms with Crippen molar-refractivity contribution in [3.05, 3.63) is 23.8 Å². The van der Waals surface area contributed by atoms with Gasteiger partial charge in [0.15, 0.2) is 0 Å². The van der Waals surface area contributed by atoms with Crippen LogP contribution in [0.1, 0.15) is 10.4 Å². The van der Waals surface area contributed by atoms with Crippen molar-refractivity contribution in [1.29, 1.82) is 0 Å². The normalized spacial score (nSPS) is 9.36. The summed E-state index contributed by atoms with van der Waals surface area (Å²) in [6.07, 6.45) is 0. The van der Waals surface area contributed by atoms with Gasteiger partial charge in [0.2, 0.25) is 0 Å². The second kappa shape index (κ2) is 4.50. The van der Waals surface area contributed by atoms with Crippen LogP contribution in [0.4, 0.5) is 5.69 Å². The Labute approximate surface area is 82.8 Å². The number of anilines is 1. The van der Waals surface area contributed by atoms with E-state index in [0.717, 1.165) is 5.69 Å². The van der Waals surface area contributed by atoms with Crippen LogP contribution in [0.25, 0.3) is 0 Å². The minimum Gasteiger partial charge on any atom is -0.495 e. The van der Waals surface area contributed by atoms with Crippen LogP contribution < -0.4 is 10.1 Å². The van der Waals surface area contributed by atoms with Crippen LogP contribution in [0.15, 0.2) is 18.2 Å². The molecular formula is C10H13NO3. The van der Waals surface area contributed by atoms with E-state index in [1.165, 1.54) is 7.11 Å². The fraction of sp³-hybridized carbons (Fsp3) is 0.300. The first kappa shape index (κ1) is 10.4. The van der Waals surface area contributed by atoms with E-state index in [0.29, 0.717) is 11.3 Å². The number of carbonyl (C=O) groups excluding carboxylic acids is 1. The van der Waals surface area contributed by atoms with Gasteiger partial charge in [0.25, 0.3) is 0 Å². The first-order valence-corrected chi connectivity index (χ1v) is 4.17. The molecule has 0 amide bonds. The number of hydrogen-bond donors (Lipinski definition) is 1. The Bertz CT molecular complexity index is 336. The molecule has 0 bridgehead atoms. The van der Waals surface area contributed by atoms with Crippen molar-refractivity contribution in [1.82, 2.24) is 0 Å². The van der Waals surface area contributed by atoms with Crippen LogP contribution in [0.5, 0.6) is 5.75 Å². The highest BCUT2D eigenvalue weighted by Crippen LogP contribution is 2.25. The lowest BCUT2D eigenvalue weighted by atomic mass is 10.2. The van der Waals surface area contributed by atoms with Gasteiger partial charge >= 0.3 is 5.97 Å². The van der Waals surface area contributed by atoms with Crippen molar-refractivity contribution < 1.29 is 14.3 Å². The van der Waals surface area contributed by atoms with Crippen molar-refractivity contribution in [2.75, 3.05) is 26.6 Å². The smallest absolute Gasteiger partial charge is 0.337 e. The third kappa shape index (κ3) is 1.96. The zero-order chi connectivity index (χ0) is 10.6. The molecule has 0 unspecified atom stereocenters. The minimum absolute atomic E-state index is 0.369. The van der Waals surface area contributed by atoms with Gasteiger partial charge in [-0.3, -0.25) is 0 Å². The second-order valence-electron chi connectivity index (χ2n) is 2.66. The quantitative estimate of drug-likeness (QED) is 0.743. The first-order chi connectivity index (χ1) is 6.72. The van der Waals surface area contributed by atoms with Crippen LogP contribution in [-0.2, 0) is 4.74 Å². The van der Waals surface area contributed by atoms with Gasteiger partial charge in [-0.25, -0.2) is 4.79 Å². The molecule has 0 aliphatic heterocycles. The van der Waals surface area contributed by atoms with E-state index in [9.17, 15) is 4.79 Å². The van der Waals surface area contributed by atoms with E-state index in [4.69, 9.17) is 4.74 Å². The van der Waals surface area contributed by atoms with Crippen LogP contribution in [0, 0.1) is 0 Å². The van der Waals surface area contributed by atoms with Gasteiger partial charge in [0.05, 0.1) is 25.5 Å². The molecule has 4 nitrogen and oxygen atoms in total. The number of hydrogen-bond acceptors (Lipinski definition) is 4. The zero-order valence-corrected chi connectivity index (χ0v) is 8.46. The number of methoxy groups -OCH3 is 2. The van der Waals surface area contributed by atoms with Crippen molar-refractivity contribution in [3.63, 3.8) is 0 Å². The topological polar surface area (TPSA) is 47.6 Å². The van der Waals surface area contributed by atoms with Crippen molar-refractivity contribution in [2.45, 2.75) is 0 Å². The van der Waals surface area contributed by atoms with Crippen LogP contribution in [0.3, 0.4) is 0 Å². The molecule has 0 atom stereocenters. The van der Waals surface area contributed by atoms with E-state index < -0.39 is 0 Å². The number of ether oxygens (including phenoxy) is 2. The monoisotopic (exact) mass is 195 g/mol. The Morgan fingerprint density at radius 1 is 1.36 bits per heavy atom. The second-order valence-corrected chi connectivity index (χ2v) is 2.66. The molecule has 0 saturated heterocycles. The fourth-order valence-electron chi connectivity index (χ4n) is 1.14. The summed E-state index contributed by atoms with van der Waals surface area (Å²) in [5.41, 5.74) is 1.31. The van der Waals surface area contributed by atoms with E-state index in [1.54, 1.807) is 32.4 Å². The summed E-state index contributed by atoms with van der Waals surface area (Å²) in [6.45, 7) is 0. The molecule has 1 aromatic rings. The Balaban J connectivity index is 3.07. The van der Waals surface area contributed by atoms with Gasteiger partial charge < -0.3 is 14.8 Å². The van der Waals surface area contributed by atoms with Gasteiger partial charge in [-0.05, 0) is 18.2 Å². The molecule has 1 aromatic carbocycles. The number of nitrogens with one attached hydrogen (secondary N) is 1. The standard InChI is InChI=1S/C10H13NO3/c1-11-8-5-4-7(10(12)14-3)6-9(8)13-2/h4-6,11H,1-3H3. The van der Waals surface area contributed by atoms with E-state index >= 15 is 0 Å². The van der Waals surface area contributed by atoms with Gasteiger partial charge in [-0.1, -0.05) is 0 Å². The van der Waals surface area contributed by atoms with Crippen LogP contribution >= 0.6 is 0 Å². The Morgan fingerprint density at radius 3 is 2.57 bits per heavy atom. The van der Waals surface area contributed by atoms with E-state index in [1.807, 2.05) is 0 Å². The van der Waals surface area contributed by atoms with Gasteiger partial charge in [-0.2, -0.15) is 0 Å². The van der Waals surface area contributed by atoms with Crippen LogP contribution in [-0.4, -0.2) is 27.2 Å². The minimum atomic E-state index is -0.369. The molecule has 0 aliphatic rings. The Morgan fingerprint density at radius 2 is 2.07 bits per heavy atom. The molecule has 0 aliphatic carbocycles. The summed E-state index contributed by atoms with van der Waals surface area (Å²) in [4.78, 5) is 11.2. The van der Waals surface area contributed by atoms with Gasteiger partial charge in [0, 0.05) is 7.05 Å². The first-order valence-electron chi connectivity index (χ1n) is 4.17. The van der Waals surface area contributed by atoms with Gasteiger partial charge in [-0.15, -0.1) is 0 Å². The predicted octanol–water partition coefficient (Wildman–Crippen LogP) is 1.52. The zero-order valence-electron chi connectivity index (χ0n) is 8.46. The summed E-state index contributed by atoms with van der Waals surface area (Å²) in [6, 6.07) is 5.09. The van der Waals surface area contributed by atoms with Crippen molar-refractivity contribution in [3.8, 4) is 5.75 Å². The highest BCUT2D eigenvalue weighted by Gasteiger charge is 2.08. The average molecular weight is 195 g/mol. The molecule has 1 N–H and O–H groups in total. The molecule has 0 spiro atoms. The van der Waals surface area contributed by atoms with E-state index in [2.05, 4.69) is 10.1 Å². The maximum atomic E-state index is 11.2. The number of rotatable bonds is 3. The molecule has 0 radical (unpaired) electrons. The number of carbonyl (C=O) groups is 1. The molecule has 0 fully saturated rings. The Hall–Kier alpha value is -1.71. The molecule has 0 heterocycles. The predicted molar refractivity (Wildman–Crippen MR) is 53.9 cm³/mol. The lowest BCUT2D eigenvalue weighted by Gasteiger charge is -2.08. The summed E-state index contributed by atoms with van der Waals surface area (Å²) in [5, 5.41) is 2.95. The maximum absolute atomic E-state index is 11.2. The highest BCUT2D eigenvalue weighted by atomic mass is 16.5. The SMILES string of the molecule is CNc1ccc(C(=O)OC)cc1OC. The van der Waals surface area contributed by atoms with Crippen molar-refractivity contribution >= 4 is 11.7 Å². The fourth-order valence-corrected chi connectivity index (χ4v) is 1.14. The summed E-state index contributed by atoms with van der Waals surface area (Å²) < 4.78 is 9.70. The van der Waals surface area contributed by atoms with Crippen molar-refractivity contribution in [2.24, 2.45) is 0 Å². The molecule has 14 heavy (non-hydrogen) atoms. The third-order valence-electron chi connectivity index (χ3n) is 1.89. The molecule has 4 heteroatoms. The molecule has 1 rings (SSSR count). The largest absolute Gasteiger partial charge is 0.495 e. The molecule has 76 valence electrons. The summed E-state index contributed by atoms with van der Waals surface area (Å²) in [7, 11) is 4.69. The lowest BCUT2D eigenvalue weighted by Crippen LogP contribution is -2.02. The third-order valence-corrected chi connectivity index (χ3v) is 1.89. The average Bonchev–Trinajstić information content (AvgIpc) is 2.26. The molecule has 0 aromatic heterocycles. The number of esters is 1. The lowest BCUT2D eigenvalue weighted by molar-refractivity contribution is 0.0600. The van der Waals surface area contributed by atoms with E-state index in [-0.39, 0.29) is 5.97 Å². The van der Waals surface area contributed by atoms with Gasteiger partial charge in [0.1, 0.15) is 5.75 Å². The summed E-state index contributed by atoms with van der Waals surface area (Å²) >= 11 is 0. The summed E-state index contributed by atoms with van der Waals surface area (Å²) in [5.74, 6) is 0.251. The van der Waals surface area contributed by atoms with Crippen LogP contribution in [0.2, 0.25) is 0 Å². The Kier molecular flexibility index (Phi) is 3.34. The number of benzene rings is 1. The highest BCUT2D eigenvalue weighted by molar-refractivity contribution is 5.90. The maximum Gasteiger partial charge on any atom is 0.337 e. The molecule has 0 saturated carbocycles.